The van der Waals surface area contributed by atoms with Crippen LogP contribution < -0.4 is 5.32 Å². The fraction of sp³-hybridized carbons (Fsp3) is 0.923. The number of piperidine rings is 1. The molecule has 1 heterocycles. The van der Waals surface area contributed by atoms with Crippen LogP contribution >= 0.6 is 0 Å². The Hall–Kier alpha value is -0.650. The van der Waals surface area contributed by atoms with E-state index in [1.54, 1.807) is 14.2 Å². The summed E-state index contributed by atoms with van der Waals surface area (Å²) in [4.78, 5) is 14.1. The molecule has 0 bridgehead atoms. The maximum Gasteiger partial charge on any atom is 0.223 e. The van der Waals surface area contributed by atoms with Gasteiger partial charge in [0.15, 0.2) is 0 Å². The van der Waals surface area contributed by atoms with E-state index in [4.69, 9.17) is 9.47 Å². The molecule has 0 aromatic carbocycles. The first-order valence-electron chi connectivity index (χ1n) is 6.74. The lowest BCUT2D eigenvalue weighted by Crippen LogP contribution is -2.38. The van der Waals surface area contributed by atoms with Crippen LogP contribution in [0, 0.1) is 5.92 Å². The number of carbonyl (C=O) groups excluding carboxylic acids is 1. The number of nitrogens with zero attached hydrogens (tertiary/aromatic N) is 1. The maximum absolute atomic E-state index is 12.2. The lowest BCUT2D eigenvalue weighted by atomic mass is 9.94. The van der Waals surface area contributed by atoms with Crippen LogP contribution in [-0.2, 0) is 14.3 Å². The number of methoxy groups -OCH3 is 2. The van der Waals surface area contributed by atoms with Crippen molar-refractivity contribution in [3.05, 3.63) is 0 Å². The Morgan fingerprint density at radius 2 is 1.72 bits per heavy atom. The molecular formula is C13H26N2O3. The van der Waals surface area contributed by atoms with Gasteiger partial charge in [0.05, 0.1) is 13.2 Å². The van der Waals surface area contributed by atoms with Crippen molar-refractivity contribution >= 4 is 5.91 Å². The van der Waals surface area contributed by atoms with Gasteiger partial charge >= 0.3 is 0 Å². The zero-order chi connectivity index (χ0) is 13.2. The van der Waals surface area contributed by atoms with E-state index in [9.17, 15) is 4.79 Å². The molecule has 5 heteroatoms. The van der Waals surface area contributed by atoms with Crippen molar-refractivity contribution in [2.24, 2.45) is 5.92 Å². The van der Waals surface area contributed by atoms with E-state index < -0.39 is 0 Å². The quantitative estimate of drug-likeness (QED) is 0.689. The van der Waals surface area contributed by atoms with Crippen LogP contribution in [0.2, 0.25) is 0 Å². The Balaban J connectivity index is 2.35. The molecule has 0 aromatic rings. The minimum atomic E-state index is 0.232. The van der Waals surface area contributed by atoms with Crippen molar-refractivity contribution < 1.29 is 14.3 Å². The Morgan fingerprint density at radius 3 is 2.22 bits per heavy atom. The van der Waals surface area contributed by atoms with Crippen LogP contribution in [0.3, 0.4) is 0 Å². The zero-order valence-corrected chi connectivity index (χ0v) is 11.6. The summed E-state index contributed by atoms with van der Waals surface area (Å²) in [7, 11) is 3.32. The number of rotatable bonds is 8. The second-order valence-electron chi connectivity index (χ2n) is 4.76. The second kappa shape index (κ2) is 9.30. The van der Waals surface area contributed by atoms with E-state index in [1.165, 1.54) is 0 Å². The molecule has 1 N–H and O–H groups in total. The van der Waals surface area contributed by atoms with Gasteiger partial charge in [0.25, 0.3) is 0 Å². The molecule has 18 heavy (non-hydrogen) atoms. The first kappa shape index (κ1) is 15.4. The van der Waals surface area contributed by atoms with Gasteiger partial charge < -0.3 is 19.7 Å². The summed E-state index contributed by atoms with van der Waals surface area (Å²) in [6, 6.07) is 0. The first-order chi connectivity index (χ1) is 8.77. The number of carbonyl (C=O) groups is 1. The third-order valence-corrected chi connectivity index (χ3v) is 3.41. The smallest absolute Gasteiger partial charge is 0.223 e. The Kier molecular flexibility index (Phi) is 7.96. The standard InChI is InChI=1S/C13H26N2O3/c1-17-9-7-15(8-10-18-2)13(16)11-12-3-5-14-6-4-12/h12,14H,3-11H2,1-2H3. The summed E-state index contributed by atoms with van der Waals surface area (Å²) in [6.07, 6.45) is 2.87. The van der Waals surface area contributed by atoms with Crippen molar-refractivity contribution in [1.82, 2.24) is 10.2 Å². The predicted octanol–water partition coefficient (Wildman–Crippen LogP) is 0.498. The number of hydrogen-bond acceptors (Lipinski definition) is 4. The van der Waals surface area contributed by atoms with Gasteiger partial charge in [0.2, 0.25) is 5.91 Å². The third kappa shape index (κ3) is 5.80. The first-order valence-corrected chi connectivity index (χ1v) is 6.74. The highest BCUT2D eigenvalue weighted by Crippen LogP contribution is 2.17. The van der Waals surface area contributed by atoms with E-state index in [2.05, 4.69) is 5.32 Å². The maximum atomic E-state index is 12.2. The molecule has 0 radical (unpaired) electrons. The van der Waals surface area contributed by atoms with E-state index in [1.807, 2.05) is 4.90 Å². The highest BCUT2D eigenvalue weighted by Gasteiger charge is 2.20. The van der Waals surface area contributed by atoms with Crippen molar-refractivity contribution in [1.29, 1.82) is 0 Å². The van der Waals surface area contributed by atoms with Gasteiger partial charge in [-0.15, -0.1) is 0 Å². The summed E-state index contributed by atoms with van der Waals surface area (Å²) in [6.45, 7) is 4.55. The van der Waals surface area contributed by atoms with Gasteiger partial charge in [-0.05, 0) is 31.8 Å². The van der Waals surface area contributed by atoms with Crippen LogP contribution in [0.4, 0.5) is 0 Å². The fourth-order valence-corrected chi connectivity index (χ4v) is 2.23. The molecule has 0 atom stereocenters. The molecule has 5 nitrogen and oxygen atoms in total. The van der Waals surface area contributed by atoms with Gasteiger partial charge in [-0.2, -0.15) is 0 Å². The Morgan fingerprint density at radius 1 is 1.17 bits per heavy atom. The topological polar surface area (TPSA) is 50.8 Å². The second-order valence-corrected chi connectivity index (χ2v) is 4.76. The summed E-state index contributed by atoms with van der Waals surface area (Å²) < 4.78 is 10.1. The number of amides is 1. The van der Waals surface area contributed by atoms with Crippen molar-refractivity contribution in [3.63, 3.8) is 0 Å². The van der Waals surface area contributed by atoms with Crippen LogP contribution in [0.5, 0.6) is 0 Å². The van der Waals surface area contributed by atoms with Crippen LogP contribution in [0.15, 0.2) is 0 Å². The van der Waals surface area contributed by atoms with Gasteiger partial charge in [-0.3, -0.25) is 4.79 Å². The van der Waals surface area contributed by atoms with Gasteiger partial charge in [-0.25, -0.2) is 0 Å². The summed E-state index contributed by atoms with van der Waals surface area (Å²) >= 11 is 0. The van der Waals surface area contributed by atoms with E-state index in [-0.39, 0.29) is 5.91 Å². The molecule has 1 aliphatic rings. The Labute approximate surface area is 110 Å². The number of nitrogens with one attached hydrogen (secondary N) is 1. The molecule has 0 saturated carbocycles. The molecule has 0 spiro atoms. The molecule has 1 fully saturated rings. The predicted molar refractivity (Wildman–Crippen MR) is 70.5 cm³/mol. The zero-order valence-electron chi connectivity index (χ0n) is 11.6. The van der Waals surface area contributed by atoms with Crippen molar-refractivity contribution in [2.75, 3.05) is 53.6 Å². The summed E-state index contributed by atoms with van der Waals surface area (Å²) in [5.41, 5.74) is 0. The van der Waals surface area contributed by atoms with Crippen molar-refractivity contribution in [2.45, 2.75) is 19.3 Å². The molecule has 106 valence electrons. The highest BCUT2D eigenvalue weighted by atomic mass is 16.5. The minimum absolute atomic E-state index is 0.232. The molecule has 0 unspecified atom stereocenters. The molecular weight excluding hydrogens is 232 g/mol. The SMILES string of the molecule is COCCN(CCOC)C(=O)CC1CCNCC1. The molecule has 1 amide bonds. The van der Waals surface area contributed by atoms with Crippen LogP contribution in [0.1, 0.15) is 19.3 Å². The average molecular weight is 258 g/mol. The third-order valence-electron chi connectivity index (χ3n) is 3.41. The fourth-order valence-electron chi connectivity index (χ4n) is 2.23. The van der Waals surface area contributed by atoms with Crippen LogP contribution in [0.25, 0.3) is 0 Å². The molecule has 1 aliphatic heterocycles. The normalized spacial score (nSPS) is 16.8. The van der Waals surface area contributed by atoms with Gasteiger partial charge in [0.1, 0.15) is 0 Å². The lowest BCUT2D eigenvalue weighted by Gasteiger charge is -2.27. The summed E-state index contributed by atoms with van der Waals surface area (Å²) in [5.74, 6) is 0.766. The highest BCUT2D eigenvalue weighted by molar-refractivity contribution is 5.76. The molecule has 0 aliphatic carbocycles. The van der Waals surface area contributed by atoms with E-state index in [0.29, 0.717) is 38.6 Å². The number of hydrogen-bond donors (Lipinski definition) is 1. The largest absolute Gasteiger partial charge is 0.383 e. The molecule has 1 rings (SSSR count). The summed E-state index contributed by atoms with van der Waals surface area (Å²) in [5, 5.41) is 3.32. The van der Waals surface area contributed by atoms with E-state index in [0.717, 1.165) is 25.9 Å². The lowest BCUT2D eigenvalue weighted by molar-refractivity contribution is -0.133. The van der Waals surface area contributed by atoms with Crippen molar-refractivity contribution in [3.8, 4) is 0 Å². The van der Waals surface area contributed by atoms with E-state index >= 15 is 0 Å². The molecule has 0 aromatic heterocycles. The van der Waals surface area contributed by atoms with Crippen LogP contribution in [-0.4, -0.2) is 64.4 Å². The Bertz CT molecular complexity index is 222. The monoisotopic (exact) mass is 258 g/mol. The average Bonchev–Trinajstić information content (AvgIpc) is 2.40. The van der Waals surface area contributed by atoms with Gasteiger partial charge in [-0.1, -0.05) is 0 Å². The molecule has 1 saturated heterocycles. The number of ether oxygens (including phenoxy) is 2. The van der Waals surface area contributed by atoms with Gasteiger partial charge in [0, 0.05) is 33.7 Å². The minimum Gasteiger partial charge on any atom is -0.383 e.